The lowest BCUT2D eigenvalue weighted by Crippen LogP contribution is -2.51. The number of hydrogen-bond donors (Lipinski definition) is 5. The van der Waals surface area contributed by atoms with Crippen molar-refractivity contribution < 1.29 is 23.9 Å². The lowest BCUT2D eigenvalue weighted by atomic mass is 9.89. The molecule has 6 rings (SSSR count). The maximum Gasteiger partial charge on any atom is 0.407 e. The number of thiophene rings is 1. The van der Waals surface area contributed by atoms with Gasteiger partial charge < -0.3 is 40.7 Å². The molecule has 0 bridgehead atoms. The summed E-state index contributed by atoms with van der Waals surface area (Å²) in [6.07, 6.45) is 4.87. The predicted molar refractivity (Wildman–Crippen MR) is 217 cm³/mol. The molecule has 6 N–H and O–H groups in total. The van der Waals surface area contributed by atoms with E-state index < -0.39 is 18.2 Å². The average molecular weight is 771 g/mol. The van der Waals surface area contributed by atoms with E-state index >= 15 is 0 Å². The first-order chi connectivity index (χ1) is 26.4. The SMILES string of the molecule is COC(=O)N[C@H](C(=O)N1CCC[C@H]1c1ncc(-c2cc(C)c(-c3ccc4c(ccc5[nH]c(C(CCCN)C[C@@H](NC(=O)OC)C(C)C)nc54)c3)s2)[nH]1)C(C)C. The Morgan fingerprint density at radius 1 is 1.02 bits per heavy atom. The van der Waals surface area contributed by atoms with Crippen molar-refractivity contribution in [3.63, 3.8) is 0 Å². The summed E-state index contributed by atoms with van der Waals surface area (Å²) in [5, 5.41) is 7.89. The number of amides is 3. The molecule has 3 aromatic heterocycles. The number of carbonyl (C=O) groups excluding carboxylic acids is 3. The molecular formula is C41H54N8O5S. The van der Waals surface area contributed by atoms with Crippen molar-refractivity contribution in [1.82, 2.24) is 35.5 Å². The molecule has 55 heavy (non-hydrogen) atoms. The number of rotatable bonds is 14. The number of fused-ring (bicyclic) bond motifs is 3. The molecule has 1 fully saturated rings. The lowest BCUT2D eigenvalue weighted by Gasteiger charge is -2.30. The molecule has 0 saturated carbocycles. The number of ether oxygens (including phenoxy) is 2. The molecule has 294 valence electrons. The zero-order valence-electron chi connectivity index (χ0n) is 32.8. The minimum atomic E-state index is -0.685. The van der Waals surface area contributed by atoms with Crippen LogP contribution in [0.2, 0.25) is 0 Å². The van der Waals surface area contributed by atoms with Crippen LogP contribution in [0.15, 0.2) is 42.6 Å². The van der Waals surface area contributed by atoms with Gasteiger partial charge in [0.1, 0.15) is 17.7 Å². The molecule has 1 aliphatic heterocycles. The van der Waals surface area contributed by atoms with Crippen molar-refractivity contribution in [3.05, 3.63) is 59.8 Å². The van der Waals surface area contributed by atoms with Crippen LogP contribution in [0.1, 0.15) is 89.0 Å². The van der Waals surface area contributed by atoms with Crippen molar-refractivity contribution in [1.29, 1.82) is 0 Å². The molecule has 2 aromatic carbocycles. The Morgan fingerprint density at radius 2 is 1.78 bits per heavy atom. The van der Waals surface area contributed by atoms with E-state index in [9.17, 15) is 14.4 Å². The van der Waals surface area contributed by atoms with Gasteiger partial charge in [0.25, 0.3) is 0 Å². The van der Waals surface area contributed by atoms with E-state index in [0.717, 1.165) is 87.3 Å². The van der Waals surface area contributed by atoms with Crippen molar-refractivity contribution in [2.24, 2.45) is 17.6 Å². The number of carbonyl (C=O) groups is 3. The maximum atomic E-state index is 13.6. The number of aromatic amines is 2. The predicted octanol–water partition coefficient (Wildman–Crippen LogP) is 7.78. The van der Waals surface area contributed by atoms with E-state index in [1.807, 2.05) is 24.9 Å². The van der Waals surface area contributed by atoms with Gasteiger partial charge in [0.2, 0.25) is 5.91 Å². The quantitative estimate of drug-likeness (QED) is 0.0759. The Kier molecular flexibility index (Phi) is 12.5. The Balaban J connectivity index is 1.23. The highest BCUT2D eigenvalue weighted by Crippen LogP contribution is 2.40. The molecule has 4 heterocycles. The normalized spacial score (nSPS) is 16.2. The number of aromatic nitrogens is 4. The summed E-state index contributed by atoms with van der Waals surface area (Å²) in [5.74, 6) is 1.71. The number of benzene rings is 2. The number of aryl methyl sites for hydroxylation is 1. The Labute approximate surface area is 326 Å². The first-order valence-electron chi connectivity index (χ1n) is 19.2. The number of alkyl carbamates (subject to hydrolysis) is 2. The van der Waals surface area contributed by atoms with E-state index in [2.05, 4.69) is 77.8 Å². The number of hydrogen-bond acceptors (Lipinski definition) is 9. The van der Waals surface area contributed by atoms with E-state index in [1.54, 1.807) is 11.3 Å². The maximum absolute atomic E-state index is 13.6. The van der Waals surface area contributed by atoms with E-state index in [-0.39, 0.29) is 35.7 Å². The minimum Gasteiger partial charge on any atom is -0.453 e. The number of likely N-dealkylation sites (tertiary alicyclic amines) is 1. The first-order valence-corrected chi connectivity index (χ1v) is 20.0. The minimum absolute atomic E-state index is 0.0732. The van der Waals surface area contributed by atoms with Gasteiger partial charge >= 0.3 is 12.2 Å². The number of nitrogens with zero attached hydrogens (tertiary/aromatic N) is 3. The molecule has 1 unspecified atom stereocenters. The lowest BCUT2D eigenvalue weighted by molar-refractivity contribution is -0.135. The number of methoxy groups -OCH3 is 2. The summed E-state index contributed by atoms with van der Waals surface area (Å²) < 4.78 is 9.68. The van der Waals surface area contributed by atoms with Crippen molar-refractivity contribution in [2.75, 3.05) is 27.3 Å². The molecule has 0 radical (unpaired) electrons. The highest BCUT2D eigenvalue weighted by atomic mass is 32.1. The fourth-order valence-electron chi connectivity index (χ4n) is 7.63. The van der Waals surface area contributed by atoms with Crippen LogP contribution in [0.4, 0.5) is 9.59 Å². The number of nitrogens with one attached hydrogen (secondary N) is 4. The molecule has 3 amide bonds. The van der Waals surface area contributed by atoms with Crippen LogP contribution in [0.3, 0.4) is 0 Å². The van der Waals surface area contributed by atoms with Crippen molar-refractivity contribution >= 4 is 51.2 Å². The molecule has 4 atom stereocenters. The fourth-order valence-corrected chi connectivity index (χ4v) is 8.76. The van der Waals surface area contributed by atoms with E-state index in [0.29, 0.717) is 13.1 Å². The van der Waals surface area contributed by atoms with Crippen LogP contribution in [0.25, 0.3) is 42.8 Å². The second-order valence-electron chi connectivity index (χ2n) is 15.2. The monoisotopic (exact) mass is 770 g/mol. The Morgan fingerprint density at radius 3 is 2.49 bits per heavy atom. The van der Waals surface area contributed by atoms with Crippen LogP contribution >= 0.6 is 11.3 Å². The number of imidazole rings is 2. The Bertz CT molecular complexity index is 2140. The number of nitrogens with two attached hydrogens (primary N) is 1. The van der Waals surface area contributed by atoms with Gasteiger partial charge in [-0.3, -0.25) is 4.79 Å². The molecule has 1 aliphatic rings. The number of H-pyrrole nitrogens is 2. The summed E-state index contributed by atoms with van der Waals surface area (Å²) in [7, 11) is 2.68. The zero-order chi connectivity index (χ0) is 39.4. The summed E-state index contributed by atoms with van der Waals surface area (Å²) in [4.78, 5) is 58.8. The van der Waals surface area contributed by atoms with Crippen molar-refractivity contribution in [3.8, 4) is 21.0 Å². The van der Waals surface area contributed by atoms with Crippen molar-refractivity contribution in [2.45, 2.75) is 90.8 Å². The average Bonchev–Trinajstić information content (AvgIpc) is 4.00. The second-order valence-corrected chi connectivity index (χ2v) is 16.3. The summed E-state index contributed by atoms with van der Waals surface area (Å²) in [6.45, 7) is 11.3. The van der Waals surface area contributed by atoms with Crippen LogP contribution in [0.5, 0.6) is 0 Å². The standard InChI is InChI=1S/C41H54N8O5S/c1-22(2)30(46-40(51)53-6)20-27(10-8-16-42)37-44-29-15-13-25-19-26(12-14-28(25)35(29)47-37)36-24(5)18-33(55-36)31-21-43-38(45-31)32-11-9-17-49(32)39(50)34(23(3)4)48-41(52)54-7/h12-15,18-19,21-23,27,30,32,34H,8-11,16-17,20,42H2,1-7H3,(H,43,45)(H,44,47)(H,46,51)(H,48,52)/t27?,30-,32+,34+/m1/s1. The highest BCUT2D eigenvalue weighted by Gasteiger charge is 2.37. The van der Waals surface area contributed by atoms with Gasteiger partial charge in [0, 0.05) is 28.8 Å². The summed E-state index contributed by atoms with van der Waals surface area (Å²) >= 11 is 1.70. The Hall–Kier alpha value is -4.95. The molecule has 1 saturated heterocycles. The topological polar surface area (TPSA) is 180 Å². The molecule has 5 aromatic rings. The fraction of sp³-hybridized carbons (Fsp3) is 0.488. The van der Waals surface area contributed by atoms with Gasteiger partial charge in [0.05, 0.1) is 48.1 Å². The van der Waals surface area contributed by atoms with Gasteiger partial charge in [-0.1, -0.05) is 45.9 Å². The third-order valence-corrected chi connectivity index (χ3v) is 12.1. The second kappa shape index (κ2) is 17.2. The van der Waals surface area contributed by atoms with Gasteiger partial charge in [-0.2, -0.15) is 0 Å². The third kappa shape index (κ3) is 8.65. The zero-order valence-corrected chi connectivity index (χ0v) is 33.6. The van der Waals surface area contributed by atoms with Gasteiger partial charge in [0.15, 0.2) is 0 Å². The van der Waals surface area contributed by atoms with E-state index in [4.69, 9.17) is 25.2 Å². The van der Waals surface area contributed by atoms with Gasteiger partial charge in [-0.25, -0.2) is 19.6 Å². The first kappa shape index (κ1) is 39.7. The third-order valence-electron chi connectivity index (χ3n) is 10.7. The molecule has 0 spiro atoms. The van der Waals surface area contributed by atoms with E-state index in [1.165, 1.54) is 19.1 Å². The highest BCUT2D eigenvalue weighted by molar-refractivity contribution is 7.19. The van der Waals surface area contributed by atoms with Crippen LogP contribution in [-0.2, 0) is 14.3 Å². The molecular weight excluding hydrogens is 717 g/mol. The van der Waals surface area contributed by atoms with Crippen LogP contribution in [0, 0.1) is 18.8 Å². The smallest absolute Gasteiger partial charge is 0.407 e. The summed E-state index contributed by atoms with van der Waals surface area (Å²) in [6, 6.07) is 12.0. The summed E-state index contributed by atoms with van der Waals surface area (Å²) in [5.41, 5.74) is 11.0. The van der Waals surface area contributed by atoms with Gasteiger partial charge in [-0.15, -0.1) is 11.3 Å². The van der Waals surface area contributed by atoms with Crippen LogP contribution in [-0.4, -0.2) is 82.3 Å². The molecule has 14 heteroatoms. The van der Waals surface area contributed by atoms with Crippen LogP contribution < -0.4 is 16.4 Å². The molecule has 0 aliphatic carbocycles. The largest absolute Gasteiger partial charge is 0.453 e. The molecule has 13 nitrogen and oxygen atoms in total. The van der Waals surface area contributed by atoms with Gasteiger partial charge in [-0.05, 0) is 92.1 Å².